The molecule has 0 spiro atoms. The maximum absolute atomic E-state index is 4.46. The standard InChI is InChI=1S/C28H28N4.C19H17N6.Ir/c1-23-24(2)31(25-13-5-3-6-14-25)21-29(23)19-11-12-20-30-22-32(26-15-7-4-8-16-26)28-18-10-9-17-27(28)30;1-23-19(15-25(22-23)13-17-10-6-3-7-11-17)18-14-24(21-20-18)12-16-8-4-2-5-9-16;/h3-10,13,15,17-18,21-22H,11-12,19-20H2,1-2H3;2-11H,12-13H2,1H3;/q-4;-1;. The Kier molecular flexibility index (Phi) is 13.1. The summed E-state index contributed by atoms with van der Waals surface area (Å²) >= 11 is 0. The minimum Gasteiger partial charge on any atom is -0.505 e. The van der Waals surface area contributed by atoms with Gasteiger partial charge in [-0.15, -0.1) is 16.6 Å². The number of unbranched alkanes of at least 4 members (excludes halogenated alkanes) is 1. The van der Waals surface area contributed by atoms with E-state index in [4.69, 9.17) is 0 Å². The molecule has 11 heteroatoms. The first-order valence-corrected chi connectivity index (χ1v) is 19.3. The zero-order valence-electron chi connectivity index (χ0n) is 32.9. The maximum Gasteiger partial charge on any atom is 0.116 e. The van der Waals surface area contributed by atoms with E-state index in [1.807, 2.05) is 67.7 Å². The van der Waals surface area contributed by atoms with Crippen molar-refractivity contribution in [3.63, 3.8) is 0 Å². The quantitative estimate of drug-likeness (QED) is 0.0700. The third-order valence-corrected chi connectivity index (χ3v) is 10.1. The van der Waals surface area contributed by atoms with Crippen molar-refractivity contribution in [1.82, 2.24) is 29.8 Å². The normalized spacial score (nSPS) is 13.4. The van der Waals surface area contributed by atoms with Crippen molar-refractivity contribution in [3.05, 3.63) is 194 Å². The van der Waals surface area contributed by atoms with Crippen molar-refractivity contribution in [2.45, 2.75) is 39.8 Å². The Hall–Kier alpha value is -6.03. The number of benzene rings is 5. The summed E-state index contributed by atoms with van der Waals surface area (Å²) in [6, 6.07) is 51.8. The van der Waals surface area contributed by atoms with Crippen LogP contribution in [-0.2, 0) is 40.2 Å². The third kappa shape index (κ3) is 9.39. The molecule has 297 valence electrons. The van der Waals surface area contributed by atoms with E-state index in [0.717, 1.165) is 48.6 Å². The molecular formula is C47H45IrN10-5. The summed E-state index contributed by atoms with van der Waals surface area (Å²) in [6.07, 6.45) is 8.67. The predicted molar refractivity (Wildman–Crippen MR) is 223 cm³/mol. The first-order valence-electron chi connectivity index (χ1n) is 19.3. The van der Waals surface area contributed by atoms with Crippen LogP contribution < -0.4 is 19.4 Å². The predicted octanol–water partition coefficient (Wildman–Crippen LogP) is 8.00. The topological polar surface area (TPSA) is 65.4 Å². The van der Waals surface area contributed by atoms with Crippen LogP contribution in [0.1, 0.15) is 37.8 Å². The van der Waals surface area contributed by atoms with Gasteiger partial charge in [0.2, 0.25) is 0 Å². The molecule has 9 rings (SSSR count). The first-order chi connectivity index (χ1) is 28.0. The van der Waals surface area contributed by atoms with Crippen LogP contribution in [-0.4, -0.2) is 42.9 Å². The van der Waals surface area contributed by atoms with Crippen LogP contribution in [0.2, 0.25) is 0 Å². The Balaban J connectivity index is 0.000000179. The summed E-state index contributed by atoms with van der Waals surface area (Å²) in [7, 11) is 1.87. The smallest absolute Gasteiger partial charge is 0.116 e. The van der Waals surface area contributed by atoms with Crippen molar-refractivity contribution >= 4 is 22.7 Å². The number of aromatic nitrogens is 6. The summed E-state index contributed by atoms with van der Waals surface area (Å²) in [6.45, 7) is 12.1. The zero-order valence-corrected chi connectivity index (χ0v) is 35.3. The Bertz CT molecular complexity index is 2380. The van der Waals surface area contributed by atoms with Gasteiger partial charge in [-0.2, -0.15) is 79.7 Å². The molecule has 0 saturated heterocycles. The average Bonchev–Trinajstić information content (AvgIpc) is 4.03. The van der Waals surface area contributed by atoms with Crippen LogP contribution >= 0.6 is 0 Å². The van der Waals surface area contributed by atoms with Crippen molar-refractivity contribution in [1.29, 1.82) is 0 Å². The molecule has 5 aromatic carbocycles. The second-order valence-corrected chi connectivity index (χ2v) is 14.0. The molecule has 0 atom stereocenters. The van der Waals surface area contributed by atoms with Gasteiger partial charge in [-0.25, -0.2) is 15.6 Å². The van der Waals surface area contributed by atoms with Gasteiger partial charge in [0.25, 0.3) is 0 Å². The van der Waals surface area contributed by atoms with Crippen LogP contribution in [0.4, 0.5) is 22.7 Å². The van der Waals surface area contributed by atoms with Crippen LogP contribution in [0.25, 0.3) is 11.4 Å². The van der Waals surface area contributed by atoms with Gasteiger partial charge in [0.05, 0.1) is 7.05 Å². The SMILES string of the molecule is CC1=C(C)N(c2[c-]cccc2)[CH-]N1CCCCN1[CH-]N(c2[c-]cccc2)c2ccccc21.Cn1n[n+](Cc2ccccc2)[c-]c1-c1[c-]n(Cc2ccccc2)nn1.[Ir]. The largest absolute Gasteiger partial charge is 0.505 e. The first kappa shape index (κ1) is 40.2. The number of nitrogens with zero attached hydrogens (tertiary/aromatic N) is 10. The number of hydrogen-bond acceptors (Lipinski definition) is 7. The van der Waals surface area contributed by atoms with Gasteiger partial charge < -0.3 is 24.3 Å². The van der Waals surface area contributed by atoms with Gasteiger partial charge in [0.15, 0.2) is 0 Å². The molecule has 0 amide bonds. The summed E-state index contributed by atoms with van der Waals surface area (Å²) < 4.78 is 5.22. The number of allylic oxidation sites excluding steroid dienone is 2. The third-order valence-electron chi connectivity index (χ3n) is 10.1. The molecule has 2 aromatic heterocycles. The number of aryl methyl sites for hydroxylation is 1. The number of anilines is 4. The Morgan fingerprint density at radius 2 is 1.22 bits per heavy atom. The molecule has 0 bridgehead atoms. The summed E-state index contributed by atoms with van der Waals surface area (Å²) in [4.78, 5) is 9.19. The molecule has 58 heavy (non-hydrogen) atoms. The Labute approximate surface area is 355 Å². The van der Waals surface area contributed by atoms with Crippen LogP contribution in [0, 0.1) is 37.9 Å². The molecule has 1 radical (unpaired) electrons. The molecule has 10 nitrogen and oxygen atoms in total. The summed E-state index contributed by atoms with van der Waals surface area (Å²) in [5.74, 6) is 0. The molecule has 0 aliphatic carbocycles. The fraction of sp³-hybridized carbons (Fsp3) is 0.191. The van der Waals surface area contributed by atoms with Gasteiger partial charge in [-0.05, 0) is 68.7 Å². The number of rotatable bonds is 12. The fourth-order valence-electron chi connectivity index (χ4n) is 6.99. The van der Waals surface area contributed by atoms with E-state index in [-0.39, 0.29) is 20.1 Å². The molecule has 2 aliphatic heterocycles. The van der Waals surface area contributed by atoms with Crippen molar-refractivity contribution in [3.8, 4) is 11.4 Å². The van der Waals surface area contributed by atoms with Gasteiger partial charge in [0, 0.05) is 48.9 Å². The van der Waals surface area contributed by atoms with Crippen LogP contribution in [0.3, 0.4) is 0 Å². The van der Waals surface area contributed by atoms with Crippen molar-refractivity contribution in [2.75, 3.05) is 27.8 Å². The van der Waals surface area contributed by atoms with Gasteiger partial charge in [-0.1, -0.05) is 84.7 Å². The van der Waals surface area contributed by atoms with Gasteiger partial charge in [-0.3, -0.25) is 5.10 Å². The second kappa shape index (κ2) is 18.9. The van der Waals surface area contributed by atoms with Crippen molar-refractivity contribution in [2.24, 2.45) is 7.05 Å². The van der Waals surface area contributed by atoms with E-state index in [9.17, 15) is 0 Å². The van der Waals surface area contributed by atoms with E-state index >= 15 is 0 Å². The Morgan fingerprint density at radius 1 is 0.638 bits per heavy atom. The molecule has 0 saturated carbocycles. The van der Waals surface area contributed by atoms with E-state index in [0.29, 0.717) is 18.8 Å². The minimum absolute atomic E-state index is 0. The number of para-hydroxylation sites is 4. The van der Waals surface area contributed by atoms with Crippen LogP contribution in [0.5, 0.6) is 0 Å². The second-order valence-electron chi connectivity index (χ2n) is 14.0. The van der Waals surface area contributed by atoms with E-state index < -0.39 is 0 Å². The maximum atomic E-state index is 4.46. The van der Waals surface area contributed by atoms with Gasteiger partial charge in [0.1, 0.15) is 6.54 Å². The monoisotopic (exact) mass is 942 g/mol. The Morgan fingerprint density at radius 3 is 1.90 bits per heavy atom. The molecule has 4 heterocycles. The minimum atomic E-state index is 0. The molecule has 7 aromatic rings. The van der Waals surface area contributed by atoms with Crippen LogP contribution in [0.15, 0.2) is 145 Å². The molecule has 0 unspecified atom stereocenters. The van der Waals surface area contributed by atoms with E-state index in [1.54, 1.807) is 14.0 Å². The fourth-order valence-corrected chi connectivity index (χ4v) is 6.99. The zero-order chi connectivity index (χ0) is 39.0. The van der Waals surface area contributed by atoms with Gasteiger partial charge >= 0.3 is 0 Å². The number of hydrogen-bond donors (Lipinski definition) is 0. The average molecular weight is 942 g/mol. The summed E-state index contributed by atoms with van der Waals surface area (Å²) in [5.41, 5.74) is 10.9. The van der Waals surface area contributed by atoms with Crippen molar-refractivity contribution < 1.29 is 24.8 Å². The molecule has 2 aliphatic rings. The molecule has 0 N–H and O–H groups in total. The molecule has 0 fully saturated rings. The summed E-state index contributed by atoms with van der Waals surface area (Å²) in [5, 5.41) is 12.8. The number of fused-ring (bicyclic) bond motifs is 1. The van der Waals surface area contributed by atoms with E-state index in [1.165, 1.54) is 28.3 Å². The van der Waals surface area contributed by atoms with E-state index in [2.05, 4.69) is 160 Å². The molecular weight excluding hydrogens is 897 g/mol.